The van der Waals surface area contributed by atoms with Gasteiger partial charge in [-0.3, -0.25) is 0 Å². The van der Waals surface area contributed by atoms with Gasteiger partial charge in [-0.2, -0.15) is 0 Å². The molecule has 31 heavy (non-hydrogen) atoms. The normalized spacial score (nSPS) is 17.8. The van der Waals surface area contributed by atoms with Crippen LogP contribution in [0.4, 0.5) is 0 Å². The number of aliphatic imine (C=N–C) groups is 1. The van der Waals surface area contributed by atoms with Gasteiger partial charge in [-0.1, -0.05) is 59.8 Å². The third-order valence-electron chi connectivity index (χ3n) is 5.28. The second kappa shape index (κ2) is 9.02. The first-order chi connectivity index (χ1) is 15.0. The molecule has 160 valence electrons. The molecule has 6 heteroatoms. The van der Waals surface area contributed by atoms with Gasteiger partial charge < -0.3 is 14.4 Å². The summed E-state index contributed by atoms with van der Waals surface area (Å²) in [5, 5.41) is 2.94. The van der Waals surface area contributed by atoms with Crippen LogP contribution in [-0.4, -0.2) is 29.3 Å². The number of rotatable bonds is 6. The summed E-state index contributed by atoms with van der Waals surface area (Å²) in [4.78, 5) is 20.0. The van der Waals surface area contributed by atoms with E-state index in [4.69, 9.17) is 14.5 Å². The molecule has 0 unspecified atom stereocenters. The molecule has 0 radical (unpaired) electrons. The maximum absolute atomic E-state index is 13.1. The predicted molar refractivity (Wildman–Crippen MR) is 126 cm³/mol. The molecule has 0 saturated carbocycles. The van der Waals surface area contributed by atoms with E-state index in [9.17, 15) is 4.79 Å². The van der Waals surface area contributed by atoms with E-state index in [0.717, 1.165) is 27.7 Å². The summed E-state index contributed by atoms with van der Waals surface area (Å²) < 4.78 is 11.4. The zero-order valence-corrected chi connectivity index (χ0v) is 19.0. The number of nitrogens with zero attached hydrogens (tertiary/aromatic N) is 2. The van der Waals surface area contributed by atoms with E-state index in [1.54, 1.807) is 11.8 Å². The first-order valence-corrected chi connectivity index (χ1v) is 11.3. The van der Waals surface area contributed by atoms with Gasteiger partial charge in [0.25, 0.3) is 0 Å². The molecule has 0 N–H and O–H groups in total. The molecule has 2 aromatic rings. The molecule has 1 atom stereocenters. The number of benzene rings is 2. The number of allylic oxidation sites excluding steroid dienone is 1. The van der Waals surface area contributed by atoms with Crippen molar-refractivity contribution in [1.82, 2.24) is 4.90 Å². The smallest absolute Gasteiger partial charge is 0.338 e. The van der Waals surface area contributed by atoms with Crippen LogP contribution in [0.1, 0.15) is 43.5 Å². The van der Waals surface area contributed by atoms with E-state index < -0.39 is 6.04 Å². The van der Waals surface area contributed by atoms with Gasteiger partial charge in [0, 0.05) is 11.0 Å². The fourth-order valence-electron chi connectivity index (χ4n) is 3.87. The molecule has 2 aromatic carbocycles. The Hall–Kier alpha value is -2.99. The number of aryl methyl sites for hydroxylation is 1. The molecule has 2 aliphatic rings. The van der Waals surface area contributed by atoms with Crippen LogP contribution in [-0.2, 0) is 9.53 Å². The van der Waals surface area contributed by atoms with Gasteiger partial charge in [-0.15, -0.1) is 0 Å². The van der Waals surface area contributed by atoms with Crippen molar-refractivity contribution in [2.75, 3.05) is 13.2 Å². The summed E-state index contributed by atoms with van der Waals surface area (Å²) in [6, 6.07) is 15.9. The zero-order valence-electron chi connectivity index (χ0n) is 18.2. The molecule has 0 fully saturated rings. The highest BCUT2D eigenvalue weighted by molar-refractivity contribution is 8.16. The standard InChI is InChI=1S/C25H26N2O3S/c1-5-29-21-10-8-7-9-19(21)23-22(24(28)30-6-2)17(4)26-25-27(23)20(15-31-25)18-13-11-16(3)12-14-18/h7-15,23H,5-6H2,1-4H3/t23-/m1/s1. The van der Waals surface area contributed by atoms with Crippen LogP contribution in [0.25, 0.3) is 5.70 Å². The Morgan fingerprint density at radius 2 is 1.81 bits per heavy atom. The number of esters is 1. The Bertz CT molecular complexity index is 1090. The number of thioether (sulfide) groups is 1. The molecule has 0 amide bonds. The minimum Gasteiger partial charge on any atom is -0.494 e. The van der Waals surface area contributed by atoms with E-state index in [1.807, 2.05) is 45.0 Å². The van der Waals surface area contributed by atoms with Crippen LogP contribution in [0, 0.1) is 6.92 Å². The molecule has 2 aliphatic heterocycles. The minimum absolute atomic E-state index is 0.307. The monoisotopic (exact) mass is 434 g/mol. The first kappa shape index (κ1) is 21.2. The lowest BCUT2D eigenvalue weighted by atomic mass is 9.92. The average molecular weight is 435 g/mol. The van der Waals surface area contributed by atoms with E-state index in [0.29, 0.717) is 24.5 Å². The molecule has 0 saturated heterocycles. The number of carbonyl (C=O) groups excluding carboxylic acids is 1. The van der Waals surface area contributed by atoms with Crippen LogP contribution < -0.4 is 4.74 Å². The number of carbonyl (C=O) groups is 1. The summed E-state index contributed by atoms with van der Waals surface area (Å²) in [7, 11) is 0. The molecule has 0 spiro atoms. The van der Waals surface area contributed by atoms with Crippen molar-refractivity contribution in [2.45, 2.75) is 33.7 Å². The summed E-state index contributed by atoms with van der Waals surface area (Å²) in [6.07, 6.45) is 0. The van der Waals surface area contributed by atoms with Gasteiger partial charge in [-0.25, -0.2) is 9.79 Å². The van der Waals surface area contributed by atoms with Gasteiger partial charge >= 0.3 is 5.97 Å². The van der Waals surface area contributed by atoms with Gasteiger partial charge in [0.1, 0.15) is 5.75 Å². The number of amidine groups is 1. The van der Waals surface area contributed by atoms with Crippen LogP contribution in [0.5, 0.6) is 5.75 Å². The number of para-hydroxylation sites is 1. The van der Waals surface area contributed by atoms with Crippen molar-refractivity contribution < 1.29 is 14.3 Å². The predicted octanol–water partition coefficient (Wildman–Crippen LogP) is 5.69. The van der Waals surface area contributed by atoms with Crippen LogP contribution >= 0.6 is 11.8 Å². The SMILES string of the molecule is CCOC(=O)C1=C(C)N=C2SC=C(c3ccc(C)cc3)N2[C@@H]1c1ccccc1OCC. The molecular formula is C25H26N2O3S. The van der Waals surface area contributed by atoms with E-state index in [-0.39, 0.29) is 5.97 Å². The largest absolute Gasteiger partial charge is 0.494 e. The van der Waals surface area contributed by atoms with Crippen molar-refractivity contribution >= 4 is 28.6 Å². The summed E-state index contributed by atoms with van der Waals surface area (Å²) in [5.41, 5.74) is 5.41. The Morgan fingerprint density at radius 3 is 2.52 bits per heavy atom. The topological polar surface area (TPSA) is 51.1 Å². The highest BCUT2D eigenvalue weighted by Crippen LogP contribution is 2.48. The van der Waals surface area contributed by atoms with Crippen molar-refractivity contribution in [2.24, 2.45) is 4.99 Å². The van der Waals surface area contributed by atoms with Crippen LogP contribution in [0.2, 0.25) is 0 Å². The minimum atomic E-state index is -0.392. The molecule has 5 nitrogen and oxygen atoms in total. The summed E-state index contributed by atoms with van der Waals surface area (Å²) in [6.45, 7) is 8.57. The third kappa shape index (κ3) is 4.00. The number of fused-ring (bicyclic) bond motifs is 1. The molecule has 2 heterocycles. The third-order valence-corrected chi connectivity index (χ3v) is 6.12. The highest BCUT2D eigenvalue weighted by Gasteiger charge is 2.42. The fraction of sp³-hybridized carbons (Fsp3) is 0.280. The lowest BCUT2D eigenvalue weighted by Crippen LogP contribution is -2.36. The summed E-state index contributed by atoms with van der Waals surface area (Å²) >= 11 is 1.57. The number of hydrogen-bond acceptors (Lipinski definition) is 6. The van der Waals surface area contributed by atoms with Crippen molar-refractivity contribution in [3.05, 3.63) is 81.9 Å². The average Bonchev–Trinajstić information content (AvgIpc) is 3.17. The summed E-state index contributed by atoms with van der Waals surface area (Å²) in [5.74, 6) is 0.408. The van der Waals surface area contributed by atoms with Gasteiger partial charge in [0.15, 0.2) is 5.17 Å². The molecular weight excluding hydrogens is 408 g/mol. The second-order valence-corrected chi connectivity index (χ2v) is 8.18. The molecule has 0 aliphatic carbocycles. The van der Waals surface area contributed by atoms with E-state index in [2.05, 4.69) is 41.5 Å². The zero-order chi connectivity index (χ0) is 22.0. The van der Waals surface area contributed by atoms with E-state index in [1.165, 1.54) is 5.56 Å². The number of hydrogen-bond donors (Lipinski definition) is 0. The van der Waals surface area contributed by atoms with Crippen LogP contribution in [0.15, 0.2) is 70.2 Å². The maximum Gasteiger partial charge on any atom is 0.338 e. The second-order valence-electron chi connectivity index (χ2n) is 7.34. The highest BCUT2D eigenvalue weighted by atomic mass is 32.2. The lowest BCUT2D eigenvalue weighted by molar-refractivity contribution is -0.139. The Kier molecular flexibility index (Phi) is 6.18. The van der Waals surface area contributed by atoms with Gasteiger partial charge in [0.2, 0.25) is 0 Å². The molecule has 0 bridgehead atoms. The molecule has 0 aromatic heterocycles. The Balaban J connectivity index is 1.89. The van der Waals surface area contributed by atoms with Crippen molar-refractivity contribution in [1.29, 1.82) is 0 Å². The van der Waals surface area contributed by atoms with Gasteiger partial charge in [0.05, 0.1) is 36.2 Å². The van der Waals surface area contributed by atoms with E-state index >= 15 is 0 Å². The van der Waals surface area contributed by atoms with Gasteiger partial charge in [-0.05, 0) is 39.3 Å². The van der Waals surface area contributed by atoms with Crippen molar-refractivity contribution in [3.63, 3.8) is 0 Å². The maximum atomic E-state index is 13.1. The number of ether oxygens (including phenoxy) is 2. The Labute approximate surface area is 187 Å². The quantitative estimate of drug-likeness (QED) is 0.547. The fourth-order valence-corrected chi connectivity index (χ4v) is 4.85. The molecule has 4 rings (SSSR count). The Morgan fingerprint density at radius 1 is 1.06 bits per heavy atom. The van der Waals surface area contributed by atoms with Crippen molar-refractivity contribution in [3.8, 4) is 5.75 Å². The lowest BCUT2D eigenvalue weighted by Gasteiger charge is -2.37. The van der Waals surface area contributed by atoms with Crippen LogP contribution in [0.3, 0.4) is 0 Å². The first-order valence-electron chi connectivity index (χ1n) is 10.5.